The monoisotopic (exact) mass is 264 g/mol. The normalized spacial score (nSPS) is 10.4. The maximum atomic E-state index is 12.2. The van der Waals surface area contributed by atoms with Crippen molar-refractivity contribution in [2.75, 3.05) is 11.1 Å². The molecule has 5 nitrogen and oxygen atoms in total. The number of hydrogen-bond donors (Lipinski definition) is 2. The van der Waals surface area contributed by atoms with Crippen LogP contribution >= 0.6 is 0 Å². The maximum Gasteiger partial charge on any atom is 0.276 e. The quantitative estimate of drug-likeness (QED) is 0.745. The molecule has 3 rings (SSSR count). The van der Waals surface area contributed by atoms with Gasteiger partial charge in [0, 0.05) is 35.1 Å². The molecule has 0 bridgehead atoms. The van der Waals surface area contributed by atoms with Gasteiger partial charge in [-0.2, -0.15) is 0 Å². The summed E-state index contributed by atoms with van der Waals surface area (Å²) in [5.41, 5.74) is 7.04. The van der Waals surface area contributed by atoms with Crippen LogP contribution in [0.5, 0.6) is 0 Å². The third-order valence-corrected chi connectivity index (χ3v) is 2.98. The molecule has 0 saturated carbocycles. The van der Waals surface area contributed by atoms with Crippen LogP contribution in [0.1, 0.15) is 10.5 Å². The molecule has 20 heavy (non-hydrogen) atoms. The molecule has 0 spiro atoms. The van der Waals surface area contributed by atoms with Gasteiger partial charge >= 0.3 is 0 Å². The Morgan fingerprint density at radius 2 is 2.00 bits per heavy atom. The highest BCUT2D eigenvalue weighted by Crippen LogP contribution is 2.23. The van der Waals surface area contributed by atoms with Crippen molar-refractivity contribution in [3.05, 3.63) is 60.7 Å². The number of carbonyl (C=O) groups is 1. The van der Waals surface area contributed by atoms with Gasteiger partial charge < -0.3 is 11.1 Å². The number of amides is 1. The van der Waals surface area contributed by atoms with E-state index in [1.165, 1.54) is 6.20 Å². The number of nitrogen functional groups attached to an aromatic ring is 1. The third kappa shape index (κ3) is 2.16. The third-order valence-electron chi connectivity index (χ3n) is 2.98. The van der Waals surface area contributed by atoms with E-state index in [4.69, 9.17) is 5.73 Å². The number of pyridine rings is 2. The summed E-state index contributed by atoms with van der Waals surface area (Å²) in [6.07, 6.45) is 4.98. The van der Waals surface area contributed by atoms with E-state index in [1.54, 1.807) is 24.5 Å². The van der Waals surface area contributed by atoms with E-state index in [0.29, 0.717) is 11.4 Å². The lowest BCUT2D eigenvalue weighted by Crippen LogP contribution is -2.15. The van der Waals surface area contributed by atoms with Gasteiger partial charge in [0.25, 0.3) is 5.91 Å². The number of hydrogen-bond acceptors (Lipinski definition) is 4. The molecule has 3 aromatic rings. The second-order valence-electron chi connectivity index (χ2n) is 4.30. The number of benzene rings is 1. The van der Waals surface area contributed by atoms with Crippen molar-refractivity contribution >= 4 is 28.1 Å². The molecule has 2 aromatic heterocycles. The summed E-state index contributed by atoms with van der Waals surface area (Å²) in [5.74, 6) is -0.326. The molecule has 0 atom stereocenters. The molecule has 0 radical (unpaired) electrons. The first kappa shape index (κ1) is 12.1. The molecule has 2 heterocycles. The number of aromatic nitrogens is 2. The number of rotatable bonds is 2. The molecule has 0 aliphatic rings. The first-order valence-corrected chi connectivity index (χ1v) is 6.10. The zero-order chi connectivity index (χ0) is 13.9. The van der Waals surface area contributed by atoms with Crippen molar-refractivity contribution in [1.82, 2.24) is 9.97 Å². The zero-order valence-corrected chi connectivity index (χ0v) is 10.6. The summed E-state index contributed by atoms with van der Waals surface area (Å²) < 4.78 is 0. The molecular weight excluding hydrogens is 252 g/mol. The van der Waals surface area contributed by atoms with Crippen molar-refractivity contribution < 1.29 is 4.79 Å². The molecule has 0 saturated heterocycles. The molecule has 3 N–H and O–H groups in total. The van der Waals surface area contributed by atoms with Gasteiger partial charge in [-0.15, -0.1) is 0 Å². The molecule has 0 unspecified atom stereocenters. The first-order chi connectivity index (χ1) is 9.75. The van der Waals surface area contributed by atoms with E-state index in [-0.39, 0.29) is 11.6 Å². The summed E-state index contributed by atoms with van der Waals surface area (Å²) in [7, 11) is 0. The predicted molar refractivity (Wildman–Crippen MR) is 78.3 cm³/mol. The van der Waals surface area contributed by atoms with Gasteiger partial charge in [-0.05, 0) is 24.3 Å². The highest BCUT2D eigenvalue weighted by molar-refractivity contribution is 6.10. The van der Waals surface area contributed by atoms with Crippen molar-refractivity contribution in [3.63, 3.8) is 0 Å². The van der Waals surface area contributed by atoms with Crippen molar-refractivity contribution in [1.29, 1.82) is 0 Å². The number of fused-ring (bicyclic) bond motifs is 1. The number of carbonyl (C=O) groups excluding carboxylic acids is 1. The van der Waals surface area contributed by atoms with Crippen LogP contribution in [-0.2, 0) is 0 Å². The Kier molecular flexibility index (Phi) is 3.01. The smallest absolute Gasteiger partial charge is 0.276 e. The molecular formula is C15H12N4O. The number of anilines is 2. The number of nitrogens with two attached hydrogens (primary N) is 1. The van der Waals surface area contributed by atoms with Crippen LogP contribution in [0.3, 0.4) is 0 Å². The summed E-state index contributed by atoms with van der Waals surface area (Å²) in [6, 6.07) is 10.8. The number of nitrogens with one attached hydrogen (secondary N) is 1. The average Bonchev–Trinajstić information content (AvgIpc) is 2.48. The van der Waals surface area contributed by atoms with E-state index in [0.717, 1.165) is 10.8 Å². The van der Waals surface area contributed by atoms with Gasteiger partial charge in [-0.25, -0.2) is 4.98 Å². The highest BCUT2D eigenvalue weighted by Gasteiger charge is 2.12. The second-order valence-corrected chi connectivity index (χ2v) is 4.30. The lowest BCUT2D eigenvalue weighted by atomic mass is 10.1. The van der Waals surface area contributed by atoms with E-state index in [9.17, 15) is 4.79 Å². The van der Waals surface area contributed by atoms with Crippen molar-refractivity contribution in [2.24, 2.45) is 0 Å². The minimum absolute atomic E-state index is 0.221. The van der Waals surface area contributed by atoms with E-state index in [1.807, 2.05) is 24.3 Å². The van der Waals surface area contributed by atoms with E-state index < -0.39 is 0 Å². The van der Waals surface area contributed by atoms with Gasteiger partial charge in [0.1, 0.15) is 0 Å². The first-order valence-electron chi connectivity index (χ1n) is 6.10. The van der Waals surface area contributed by atoms with Crippen LogP contribution in [0.4, 0.5) is 11.4 Å². The minimum Gasteiger partial charge on any atom is -0.397 e. The van der Waals surface area contributed by atoms with Gasteiger partial charge in [0.2, 0.25) is 0 Å². The van der Waals surface area contributed by atoms with Crippen LogP contribution in [0.15, 0.2) is 55.0 Å². The predicted octanol–water partition coefficient (Wildman–Crippen LogP) is 2.46. The maximum absolute atomic E-state index is 12.2. The zero-order valence-electron chi connectivity index (χ0n) is 10.6. The fraction of sp³-hybridized carbons (Fsp3) is 0. The highest BCUT2D eigenvalue weighted by atomic mass is 16.1. The van der Waals surface area contributed by atoms with Crippen LogP contribution in [0.2, 0.25) is 0 Å². The van der Waals surface area contributed by atoms with Gasteiger partial charge in [0.05, 0.1) is 5.69 Å². The Hall–Kier alpha value is -2.95. The lowest BCUT2D eigenvalue weighted by molar-refractivity contribution is 0.102. The largest absolute Gasteiger partial charge is 0.397 e. The Morgan fingerprint density at radius 1 is 1.10 bits per heavy atom. The number of nitrogens with zero attached hydrogens (tertiary/aromatic N) is 2. The molecule has 1 aromatic carbocycles. The summed E-state index contributed by atoms with van der Waals surface area (Å²) in [4.78, 5) is 20.3. The second kappa shape index (κ2) is 4.97. The van der Waals surface area contributed by atoms with Crippen LogP contribution < -0.4 is 11.1 Å². The van der Waals surface area contributed by atoms with Crippen molar-refractivity contribution in [3.8, 4) is 0 Å². The fourth-order valence-electron chi connectivity index (χ4n) is 2.02. The summed E-state index contributed by atoms with van der Waals surface area (Å²) in [6.45, 7) is 0. The van der Waals surface area contributed by atoms with Crippen LogP contribution in [0.25, 0.3) is 10.8 Å². The SMILES string of the molecule is Nc1cccnc1C(=O)Nc1cccc2cnccc12. The average molecular weight is 264 g/mol. The molecule has 1 amide bonds. The summed E-state index contributed by atoms with van der Waals surface area (Å²) in [5, 5.41) is 4.71. The van der Waals surface area contributed by atoms with Crippen LogP contribution in [-0.4, -0.2) is 15.9 Å². The molecule has 98 valence electrons. The van der Waals surface area contributed by atoms with Gasteiger partial charge in [0.15, 0.2) is 5.69 Å². The Morgan fingerprint density at radius 3 is 2.85 bits per heavy atom. The summed E-state index contributed by atoms with van der Waals surface area (Å²) >= 11 is 0. The molecule has 0 fully saturated rings. The van der Waals surface area contributed by atoms with Gasteiger partial charge in [-0.1, -0.05) is 12.1 Å². The van der Waals surface area contributed by atoms with E-state index >= 15 is 0 Å². The minimum atomic E-state index is -0.326. The Labute approximate surface area is 115 Å². The van der Waals surface area contributed by atoms with E-state index in [2.05, 4.69) is 15.3 Å². The van der Waals surface area contributed by atoms with Crippen LogP contribution in [0, 0.1) is 0 Å². The Bertz CT molecular complexity index is 780. The molecule has 0 aliphatic heterocycles. The molecule has 0 aliphatic carbocycles. The van der Waals surface area contributed by atoms with Gasteiger partial charge in [-0.3, -0.25) is 9.78 Å². The molecule has 5 heteroatoms. The van der Waals surface area contributed by atoms with Crippen molar-refractivity contribution in [2.45, 2.75) is 0 Å². The fourth-order valence-corrected chi connectivity index (χ4v) is 2.02. The lowest BCUT2D eigenvalue weighted by Gasteiger charge is -2.09. The topological polar surface area (TPSA) is 80.9 Å². The Balaban J connectivity index is 1.98. The standard InChI is InChI=1S/C15H12N4O/c16-12-4-2-7-18-14(12)15(20)19-13-5-1-3-10-9-17-8-6-11(10)13/h1-9H,16H2,(H,19,20).